The van der Waals surface area contributed by atoms with Gasteiger partial charge in [0.2, 0.25) is 0 Å². The van der Waals surface area contributed by atoms with E-state index in [1.54, 1.807) is 12.1 Å². The molecule has 0 saturated carbocycles. The number of benzene rings is 2. The molecule has 0 unspecified atom stereocenters. The van der Waals surface area contributed by atoms with Gasteiger partial charge < -0.3 is 5.32 Å². The summed E-state index contributed by atoms with van der Waals surface area (Å²) in [6.07, 6.45) is 4.26. The van der Waals surface area contributed by atoms with E-state index in [0.717, 1.165) is 12.1 Å². The Kier molecular flexibility index (Phi) is 7.44. The van der Waals surface area contributed by atoms with Gasteiger partial charge in [-0.1, -0.05) is 6.07 Å². The Morgan fingerprint density at radius 1 is 1.06 bits per heavy atom. The predicted octanol–water partition coefficient (Wildman–Crippen LogP) is 4.27. The second-order valence-corrected chi connectivity index (χ2v) is 8.31. The Bertz CT molecular complexity index is 1300. The first-order chi connectivity index (χ1) is 15.7. The monoisotopic (exact) mass is 478 g/mol. The van der Waals surface area contributed by atoms with Crippen molar-refractivity contribution in [3.05, 3.63) is 95.7 Å². The summed E-state index contributed by atoms with van der Waals surface area (Å²) in [7, 11) is -4.67. The van der Waals surface area contributed by atoms with E-state index in [9.17, 15) is 21.6 Å². The summed E-state index contributed by atoms with van der Waals surface area (Å²) in [4.78, 5) is 2.89. The summed E-state index contributed by atoms with van der Waals surface area (Å²) >= 11 is 0. The Hall–Kier alpha value is -3.73. The molecule has 3 N–H and O–H groups in total. The SMILES string of the molecule is N=C(/C(=C\NCCF)c1ccncc1)c1cccc(NS(=O)(=O)c2cc(F)ccc2F)c1F. The first-order valence-electron chi connectivity index (χ1n) is 9.50. The van der Waals surface area contributed by atoms with Crippen LogP contribution in [0.2, 0.25) is 0 Å². The van der Waals surface area contributed by atoms with E-state index in [1.807, 2.05) is 4.72 Å². The van der Waals surface area contributed by atoms with Gasteiger partial charge in [0.15, 0.2) is 5.82 Å². The lowest BCUT2D eigenvalue weighted by atomic mass is 9.96. The fourth-order valence-corrected chi connectivity index (χ4v) is 4.04. The number of allylic oxidation sites excluding steroid dienone is 1. The number of aromatic nitrogens is 1. The largest absolute Gasteiger partial charge is 0.388 e. The van der Waals surface area contributed by atoms with Crippen LogP contribution in [-0.4, -0.2) is 32.3 Å². The zero-order chi connectivity index (χ0) is 24.0. The van der Waals surface area contributed by atoms with E-state index in [0.29, 0.717) is 17.7 Å². The van der Waals surface area contributed by atoms with Gasteiger partial charge in [-0.25, -0.2) is 26.0 Å². The van der Waals surface area contributed by atoms with E-state index >= 15 is 4.39 Å². The van der Waals surface area contributed by atoms with E-state index in [-0.39, 0.29) is 23.4 Å². The van der Waals surface area contributed by atoms with Crippen LogP contribution in [0.15, 0.2) is 72.0 Å². The van der Waals surface area contributed by atoms with Crippen LogP contribution in [0.25, 0.3) is 5.57 Å². The second kappa shape index (κ2) is 10.3. The van der Waals surface area contributed by atoms with Crippen LogP contribution in [0.1, 0.15) is 11.1 Å². The molecule has 33 heavy (non-hydrogen) atoms. The highest BCUT2D eigenvalue weighted by atomic mass is 32.2. The third-order valence-corrected chi connectivity index (χ3v) is 5.82. The molecule has 2 aromatic carbocycles. The molecule has 0 radical (unpaired) electrons. The predicted molar refractivity (Wildman–Crippen MR) is 117 cm³/mol. The maximum atomic E-state index is 15.3. The zero-order valence-electron chi connectivity index (χ0n) is 16.9. The molecule has 1 aromatic heterocycles. The molecule has 0 saturated heterocycles. The van der Waals surface area contributed by atoms with Gasteiger partial charge in [-0.2, -0.15) is 0 Å². The number of rotatable bonds is 9. The summed E-state index contributed by atoms with van der Waals surface area (Å²) in [5.74, 6) is -3.30. The van der Waals surface area contributed by atoms with Gasteiger partial charge in [-0.15, -0.1) is 0 Å². The van der Waals surface area contributed by atoms with E-state index in [2.05, 4.69) is 10.3 Å². The van der Waals surface area contributed by atoms with Gasteiger partial charge in [-0.3, -0.25) is 15.1 Å². The van der Waals surface area contributed by atoms with Crippen LogP contribution >= 0.6 is 0 Å². The number of alkyl halides is 1. The van der Waals surface area contributed by atoms with Crippen molar-refractivity contribution in [2.24, 2.45) is 0 Å². The molecule has 0 aliphatic rings. The van der Waals surface area contributed by atoms with Crippen molar-refractivity contribution in [3.8, 4) is 0 Å². The molecule has 3 aromatic rings. The highest BCUT2D eigenvalue weighted by Gasteiger charge is 2.24. The Balaban J connectivity index is 1.99. The van der Waals surface area contributed by atoms with Gasteiger partial charge >= 0.3 is 0 Å². The molecule has 0 aliphatic heterocycles. The lowest BCUT2D eigenvalue weighted by molar-refractivity contribution is 0.487. The van der Waals surface area contributed by atoms with Crippen LogP contribution in [0.4, 0.5) is 23.2 Å². The number of nitrogens with one attached hydrogen (secondary N) is 3. The average Bonchev–Trinajstić information content (AvgIpc) is 2.80. The molecule has 6 nitrogen and oxygen atoms in total. The molecule has 3 rings (SSSR count). The zero-order valence-corrected chi connectivity index (χ0v) is 17.8. The van der Waals surface area contributed by atoms with Crippen LogP contribution in [0.5, 0.6) is 0 Å². The number of hydrogen-bond donors (Lipinski definition) is 3. The molecule has 11 heteroatoms. The fourth-order valence-electron chi connectivity index (χ4n) is 2.89. The summed E-state index contributed by atoms with van der Waals surface area (Å²) in [6, 6.07) is 8.63. The number of sulfonamides is 1. The van der Waals surface area contributed by atoms with Crippen molar-refractivity contribution in [3.63, 3.8) is 0 Å². The minimum atomic E-state index is -4.67. The Morgan fingerprint density at radius 2 is 1.79 bits per heavy atom. The molecule has 0 aliphatic carbocycles. The minimum absolute atomic E-state index is 0.0383. The standard InChI is InChI=1S/C22H18F4N4O2S/c23-8-11-29-13-17(14-6-9-28-10-7-14)22(27)16-2-1-3-19(21(16)26)30-33(31,32)20-12-15(24)4-5-18(20)25/h1-7,9-10,12-13,27,29-30H,8,11H2/b17-13-,27-22?. The van der Waals surface area contributed by atoms with Gasteiger partial charge in [-0.05, 0) is 48.0 Å². The van der Waals surface area contributed by atoms with Crippen LogP contribution in [0.3, 0.4) is 0 Å². The van der Waals surface area contributed by atoms with Crippen molar-refractivity contribution in [2.75, 3.05) is 17.9 Å². The number of anilines is 1. The molecule has 172 valence electrons. The fraction of sp³-hybridized carbons (Fsp3) is 0.0909. The number of nitrogens with zero attached hydrogens (tertiary/aromatic N) is 1. The minimum Gasteiger partial charge on any atom is -0.388 e. The van der Waals surface area contributed by atoms with Crippen molar-refractivity contribution >= 4 is 27.0 Å². The number of halogens is 4. The lowest BCUT2D eigenvalue weighted by Crippen LogP contribution is -2.17. The molecule has 1 heterocycles. The van der Waals surface area contributed by atoms with E-state index in [4.69, 9.17) is 5.41 Å². The lowest BCUT2D eigenvalue weighted by Gasteiger charge is -2.15. The maximum absolute atomic E-state index is 15.3. The van der Waals surface area contributed by atoms with E-state index < -0.39 is 44.7 Å². The molecule has 0 bridgehead atoms. The molecular weight excluding hydrogens is 460 g/mol. The first kappa shape index (κ1) is 23.9. The van der Waals surface area contributed by atoms with Gasteiger partial charge in [0.25, 0.3) is 10.0 Å². The van der Waals surface area contributed by atoms with Crippen molar-refractivity contribution < 1.29 is 26.0 Å². The third kappa shape index (κ3) is 5.55. The highest BCUT2D eigenvalue weighted by molar-refractivity contribution is 7.92. The van der Waals surface area contributed by atoms with Crippen LogP contribution < -0.4 is 10.0 Å². The first-order valence-corrected chi connectivity index (χ1v) is 11.0. The molecule has 0 fully saturated rings. The molecular formula is C22H18F4N4O2S. The normalized spacial score (nSPS) is 11.8. The van der Waals surface area contributed by atoms with Gasteiger partial charge in [0.05, 0.1) is 11.4 Å². The molecule has 0 atom stereocenters. The maximum Gasteiger partial charge on any atom is 0.265 e. The van der Waals surface area contributed by atoms with Gasteiger partial charge in [0.1, 0.15) is 23.2 Å². The van der Waals surface area contributed by atoms with Crippen molar-refractivity contribution in [2.45, 2.75) is 4.90 Å². The Labute approximate surface area is 187 Å². The third-order valence-electron chi connectivity index (χ3n) is 4.44. The second-order valence-electron chi connectivity index (χ2n) is 6.66. The summed E-state index contributed by atoms with van der Waals surface area (Å²) < 4.78 is 82.1. The van der Waals surface area contributed by atoms with E-state index in [1.165, 1.54) is 30.7 Å². The quantitative estimate of drug-likeness (QED) is 0.243. The number of pyridine rings is 1. The number of hydrogen-bond acceptors (Lipinski definition) is 5. The van der Waals surface area contributed by atoms with Gasteiger partial charge in [0, 0.05) is 36.3 Å². The van der Waals surface area contributed by atoms with Crippen LogP contribution in [-0.2, 0) is 10.0 Å². The summed E-state index contributed by atoms with van der Waals surface area (Å²) in [5, 5.41) is 11.2. The van der Waals surface area contributed by atoms with Crippen molar-refractivity contribution in [1.82, 2.24) is 10.3 Å². The summed E-state index contributed by atoms with van der Waals surface area (Å²) in [5.41, 5.74) is -0.496. The summed E-state index contributed by atoms with van der Waals surface area (Å²) in [6.45, 7) is -0.709. The highest BCUT2D eigenvalue weighted by Crippen LogP contribution is 2.27. The molecule has 0 spiro atoms. The topological polar surface area (TPSA) is 94.9 Å². The van der Waals surface area contributed by atoms with Crippen molar-refractivity contribution in [1.29, 1.82) is 5.41 Å². The average molecular weight is 478 g/mol. The van der Waals surface area contributed by atoms with Crippen LogP contribution in [0, 0.1) is 22.9 Å². The Morgan fingerprint density at radius 3 is 2.48 bits per heavy atom. The smallest absolute Gasteiger partial charge is 0.265 e. The molecule has 0 amide bonds.